The lowest BCUT2D eigenvalue weighted by molar-refractivity contribution is -0.122. The average Bonchev–Trinajstić information content (AvgIpc) is 2.63. The number of amides is 1. The Bertz CT molecular complexity index is 739. The van der Waals surface area contributed by atoms with E-state index in [1.165, 1.54) is 10.7 Å². The molecule has 7 heteroatoms. The van der Waals surface area contributed by atoms with E-state index in [2.05, 4.69) is 10.4 Å². The highest BCUT2D eigenvalue weighted by atomic mass is 16.5. The molecule has 2 heterocycles. The molecule has 3 rings (SSSR count). The van der Waals surface area contributed by atoms with E-state index in [9.17, 15) is 9.59 Å². The SMILES string of the molecule is O=C(Cn1nc(N2CCOCC2)ccc1=O)NCc1ccccc1. The summed E-state index contributed by atoms with van der Waals surface area (Å²) in [4.78, 5) is 26.1. The van der Waals surface area contributed by atoms with E-state index in [1.54, 1.807) is 6.07 Å². The van der Waals surface area contributed by atoms with Gasteiger partial charge in [-0.05, 0) is 11.6 Å². The molecule has 0 unspecified atom stereocenters. The van der Waals surface area contributed by atoms with E-state index in [4.69, 9.17) is 4.74 Å². The van der Waals surface area contributed by atoms with Gasteiger partial charge in [-0.15, -0.1) is 0 Å². The molecule has 0 radical (unpaired) electrons. The van der Waals surface area contributed by atoms with Gasteiger partial charge < -0.3 is 15.0 Å². The molecule has 1 aromatic carbocycles. The van der Waals surface area contributed by atoms with Crippen molar-refractivity contribution < 1.29 is 9.53 Å². The quantitative estimate of drug-likeness (QED) is 0.860. The molecule has 1 aliphatic rings. The minimum Gasteiger partial charge on any atom is -0.378 e. The van der Waals surface area contributed by atoms with E-state index in [-0.39, 0.29) is 18.0 Å². The number of ether oxygens (including phenoxy) is 1. The summed E-state index contributed by atoms with van der Waals surface area (Å²) >= 11 is 0. The van der Waals surface area contributed by atoms with Gasteiger partial charge in [-0.3, -0.25) is 9.59 Å². The highest BCUT2D eigenvalue weighted by molar-refractivity contribution is 5.75. The van der Waals surface area contributed by atoms with Crippen LogP contribution >= 0.6 is 0 Å². The third-order valence-electron chi connectivity index (χ3n) is 3.81. The second kappa shape index (κ2) is 7.74. The van der Waals surface area contributed by atoms with E-state index < -0.39 is 0 Å². The number of carbonyl (C=O) groups excluding carboxylic acids is 1. The molecule has 0 bridgehead atoms. The Morgan fingerprint density at radius 2 is 1.88 bits per heavy atom. The molecule has 0 saturated carbocycles. The predicted octanol–water partition coefficient (Wildman–Crippen LogP) is 0.396. The first-order chi connectivity index (χ1) is 11.7. The van der Waals surface area contributed by atoms with Gasteiger partial charge in [0.05, 0.1) is 13.2 Å². The zero-order valence-electron chi connectivity index (χ0n) is 13.4. The normalized spacial score (nSPS) is 14.4. The highest BCUT2D eigenvalue weighted by Gasteiger charge is 2.14. The number of morpholine rings is 1. The Hall–Kier alpha value is -2.67. The van der Waals surface area contributed by atoms with Crippen molar-refractivity contribution in [2.75, 3.05) is 31.2 Å². The largest absolute Gasteiger partial charge is 0.378 e. The molecule has 1 fully saturated rings. The second-order valence-corrected chi connectivity index (χ2v) is 5.55. The van der Waals surface area contributed by atoms with Gasteiger partial charge in [-0.25, -0.2) is 4.68 Å². The smallest absolute Gasteiger partial charge is 0.267 e. The fourth-order valence-corrected chi connectivity index (χ4v) is 2.50. The number of aromatic nitrogens is 2. The molecule has 0 atom stereocenters. The van der Waals surface area contributed by atoms with Gasteiger partial charge in [-0.2, -0.15) is 5.10 Å². The molecule has 1 aliphatic heterocycles. The van der Waals surface area contributed by atoms with Crippen LogP contribution in [0.15, 0.2) is 47.3 Å². The summed E-state index contributed by atoms with van der Waals surface area (Å²) in [5, 5.41) is 7.11. The first kappa shape index (κ1) is 16.2. The number of anilines is 1. The van der Waals surface area contributed by atoms with Crippen molar-refractivity contribution in [1.82, 2.24) is 15.1 Å². The predicted molar refractivity (Wildman–Crippen MR) is 89.8 cm³/mol. The van der Waals surface area contributed by atoms with Gasteiger partial charge in [0.25, 0.3) is 5.56 Å². The molecule has 0 spiro atoms. The Balaban J connectivity index is 1.63. The maximum Gasteiger partial charge on any atom is 0.267 e. The van der Waals surface area contributed by atoms with Crippen molar-refractivity contribution in [2.24, 2.45) is 0 Å². The minimum atomic E-state index is -0.290. The molecule has 1 amide bonds. The molecule has 1 saturated heterocycles. The van der Waals surface area contributed by atoms with Gasteiger partial charge in [0, 0.05) is 25.7 Å². The Morgan fingerprint density at radius 3 is 2.62 bits per heavy atom. The fraction of sp³-hybridized carbons (Fsp3) is 0.353. The summed E-state index contributed by atoms with van der Waals surface area (Å²) < 4.78 is 6.51. The van der Waals surface area contributed by atoms with E-state index in [1.807, 2.05) is 35.2 Å². The molecule has 7 nitrogen and oxygen atoms in total. The van der Waals surface area contributed by atoms with E-state index >= 15 is 0 Å². The monoisotopic (exact) mass is 328 g/mol. The maximum atomic E-state index is 12.1. The molecule has 1 N–H and O–H groups in total. The van der Waals surface area contributed by atoms with Gasteiger partial charge in [-0.1, -0.05) is 30.3 Å². The van der Waals surface area contributed by atoms with Crippen LogP contribution in [-0.4, -0.2) is 42.0 Å². The van der Waals surface area contributed by atoms with E-state index in [0.717, 1.165) is 18.7 Å². The van der Waals surface area contributed by atoms with Gasteiger partial charge in [0.15, 0.2) is 0 Å². The Labute approximate surface area is 139 Å². The maximum absolute atomic E-state index is 12.1. The minimum absolute atomic E-state index is 0.0934. The van der Waals surface area contributed by atoms with Crippen molar-refractivity contribution in [3.05, 3.63) is 58.4 Å². The molecule has 2 aromatic rings. The Morgan fingerprint density at radius 1 is 1.12 bits per heavy atom. The molecule has 126 valence electrons. The number of benzene rings is 1. The second-order valence-electron chi connectivity index (χ2n) is 5.55. The number of nitrogens with zero attached hydrogens (tertiary/aromatic N) is 3. The van der Waals surface area contributed by atoms with Crippen LogP contribution in [0, 0.1) is 0 Å². The average molecular weight is 328 g/mol. The zero-order chi connectivity index (χ0) is 16.8. The zero-order valence-corrected chi connectivity index (χ0v) is 13.4. The lowest BCUT2D eigenvalue weighted by Gasteiger charge is -2.27. The summed E-state index contributed by atoms with van der Waals surface area (Å²) in [6.45, 7) is 3.06. The van der Waals surface area contributed by atoms with Crippen molar-refractivity contribution in [1.29, 1.82) is 0 Å². The van der Waals surface area contributed by atoms with Gasteiger partial charge in [0.2, 0.25) is 5.91 Å². The van der Waals surface area contributed by atoms with Crippen molar-refractivity contribution in [2.45, 2.75) is 13.1 Å². The van der Waals surface area contributed by atoms with Crippen LogP contribution in [-0.2, 0) is 22.6 Å². The third kappa shape index (κ3) is 4.20. The lowest BCUT2D eigenvalue weighted by Crippen LogP contribution is -2.39. The van der Waals surface area contributed by atoms with Crippen LogP contribution in [0.1, 0.15) is 5.56 Å². The van der Waals surface area contributed by atoms with Crippen LogP contribution in [0.3, 0.4) is 0 Å². The lowest BCUT2D eigenvalue weighted by atomic mass is 10.2. The van der Waals surface area contributed by atoms with Crippen LogP contribution in [0.2, 0.25) is 0 Å². The van der Waals surface area contributed by atoms with Crippen molar-refractivity contribution >= 4 is 11.7 Å². The summed E-state index contributed by atoms with van der Waals surface area (Å²) in [5.74, 6) is 0.446. The number of hydrogen-bond acceptors (Lipinski definition) is 5. The topological polar surface area (TPSA) is 76.5 Å². The van der Waals surface area contributed by atoms with Crippen LogP contribution in [0.5, 0.6) is 0 Å². The summed E-state index contributed by atoms with van der Waals surface area (Å²) in [6, 6.07) is 12.8. The van der Waals surface area contributed by atoms with Crippen LogP contribution < -0.4 is 15.8 Å². The molecule has 0 aliphatic carbocycles. The van der Waals surface area contributed by atoms with Gasteiger partial charge in [0.1, 0.15) is 12.4 Å². The molecular weight excluding hydrogens is 308 g/mol. The van der Waals surface area contributed by atoms with Crippen molar-refractivity contribution in [3.63, 3.8) is 0 Å². The number of nitrogens with one attached hydrogen (secondary N) is 1. The Kier molecular flexibility index (Phi) is 5.22. The molecule has 1 aromatic heterocycles. The summed E-state index contributed by atoms with van der Waals surface area (Å²) in [7, 11) is 0. The van der Waals surface area contributed by atoms with E-state index in [0.29, 0.717) is 25.6 Å². The standard InChI is InChI=1S/C17H20N4O3/c22-16(18-12-14-4-2-1-3-5-14)13-21-17(23)7-6-15(19-21)20-8-10-24-11-9-20/h1-7H,8-13H2,(H,18,22). The number of carbonyl (C=O) groups is 1. The van der Waals surface area contributed by atoms with Crippen LogP contribution in [0.4, 0.5) is 5.82 Å². The van der Waals surface area contributed by atoms with Crippen molar-refractivity contribution in [3.8, 4) is 0 Å². The van der Waals surface area contributed by atoms with Crippen LogP contribution in [0.25, 0.3) is 0 Å². The molecular formula is C17H20N4O3. The first-order valence-electron chi connectivity index (χ1n) is 7.94. The fourth-order valence-electron chi connectivity index (χ4n) is 2.50. The number of hydrogen-bond donors (Lipinski definition) is 1. The summed E-state index contributed by atoms with van der Waals surface area (Å²) in [6.07, 6.45) is 0. The van der Waals surface area contributed by atoms with Gasteiger partial charge >= 0.3 is 0 Å². The third-order valence-corrected chi connectivity index (χ3v) is 3.81. The summed E-state index contributed by atoms with van der Waals surface area (Å²) in [5.41, 5.74) is 0.718. The number of rotatable bonds is 5. The highest BCUT2D eigenvalue weighted by Crippen LogP contribution is 2.09. The molecule has 24 heavy (non-hydrogen) atoms. The first-order valence-corrected chi connectivity index (χ1v) is 7.94.